The number of hydrogen-bond donors (Lipinski definition) is 1. The number of anilines is 2. The predicted molar refractivity (Wildman–Crippen MR) is 160 cm³/mol. The quantitative estimate of drug-likeness (QED) is 0.320. The summed E-state index contributed by atoms with van der Waals surface area (Å²) in [7, 11) is 0. The zero-order valence-corrected chi connectivity index (χ0v) is 24.5. The molecule has 4 aromatic rings. The van der Waals surface area contributed by atoms with E-state index in [1.165, 1.54) is 9.47 Å². The van der Waals surface area contributed by atoms with Gasteiger partial charge in [0.2, 0.25) is 17.8 Å². The molecule has 1 saturated heterocycles. The normalized spacial score (nSPS) is 16.0. The lowest BCUT2D eigenvalue weighted by molar-refractivity contribution is -0.265. The van der Waals surface area contributed by atoms with Crippen molar-refractivity contribution in [2.75, 3.05) is 49.6 Å². The molecular weight excluding hydrogens is 570 g/mol. The number of carbonyl (C=O) groups is 1. The second kappa shape index (κ2) is 12.2. The maximum Gasteiger partial charge on any atom is 0.296 e. The van der Waals surface area contributed by atoms with Crippen molar-refractivity contribution >= 4 is 34.6 Å². The van der Waals surface area contributed by atoms with Gasteiger partial charge in [0.05, 0.1) is 24.2 Å². The van der Waals surface area contributed by atoms with Crippen molar-refractivity contribution in [1.29, 1.82) is 0 Å². The van der Waals surface area contributed by atoms with Crippen molar-refractivity contribution in [2.45, 2.75) is 38.7 Å². The number of nitrogens with one attached hydrogen (secondary N) is 1. The maximum absolute atomic E-state index is 14.2. The number of imidazole rings is 1. The second-order valence-electron chi connectivity index (χ2n) is 11.5. The SMILES string of the molecule is CC(C)(Cc1ccccc1C1=CCN(C(=O)[O-])CC1)Nc1nc(N2CCOCC2)nc(-n2c(C(F)F)nc3ccccc32)n1. The van der Waals surface area contributed by atoms with Gasteiger partial charge < -0.3 is 29.8 Å². The minimum absolute atomic E-state index is 0.0500. The summed E-state index contributed by atoms with van der Waals surface area (Å²) >= 11 is 0. The van der Waals surface area contributed by atoms with E-state index in [0.29, 0.717) is 62.7 Å². The van der Waals surface area contributed by atoms with Gasteiger partial charge in [0, 0.05) is 31.7 Å². The topological polar surface area (TPSA) is 124 Å². The average Bonchev–Trinajstić information content (AvgIpc) is 3.41. The number of fused-ring (bicyclic) bond motifs is 1. The van der Waals surface area contributed by atoms with Crippen LogP contribution in [0.15, 0.2) is 54.6 Å². The van der Waals surface area contributed by atoms with E-state index in [2.05, 4.69) is 26.3 Å². The third-order valence-electron chi connectivity index (χ3n) is 7.80. The summed E-state index contributed by atoms with van der Waals surface area (Å²) in [4.78, 5) is 32.7. The Balaban J connectivity index is 1.35. The first-order valence-electron chi connectivity index (χ1n) is 14.5. The third-order valence-corrected chi connectivity index (χ3v) is 7.80. The molecule has 44 heavy (non-hydrogen) atoms. The Morgan fingerprint density at radius 2 is 1.73 bits per heavy atom. The van der Waals surface area contributed by atoms with Crippen LogP contribution in [-0.4, -0.2) is 80.4 Å². The number of alkyl halides is 2. The molecule has 0 atom stereocenters. The Kier molecular flexibility index (Phi) is 8.13. The highest BCUT2D eigenvalue weighted by Crippen LogP contribution is 2.31. The van der Waals surface area contributed by atoms with Crippen LogP contribution in [0.5, 0.6) is 0 Å². The molecule has 0 spiro atoms. The van der Waals surface area contributed by atoms with E-state index in [1.54, 1.807) is 24.3 Å². The Morgan fingerprint density at radius 3 is 2.45 bits per heavy atom. The van der Waals surface area contributed by atoms with E-state index < -0.39 is 23.9 Å². The number of carbonyl (C=O) groups excluding carboxylic acids is 1. The van der Waals surface area contributed by atoms with Gasteiger partial charge >= 0.3 is 0 Å². The number of para-hydroxylation sites is 2. The summed E-state index contributed by atoms with van der Waals surface area (Å²) in [6, 6.07) is 14.9. The molecule has 0 radical (unpaired) electrons. The molecule has 4 heterocycles. The molecule has 6 rings (SSSR count). The number of rotatable bonds is 8. The molecule has 0 unspecified atom stereocenters. The molecule has 1 N–H and O–H groups in total. The Labute approximate surface area is 253 Å². The minimum atomic E-state index is -2.84. The molecule has 11 nitrogen and oxygen atoms in total. The molecule has 0 saturated carbocycles. The number of amides is 1. The van der Waals surface area contributed by atoms with Crippen molar-refractivity contribution in [3.05, 3.63) is 71.6 Å². The van der Waals surface area contributed by atoms with Gasteiger partial charge in [0.25, 0.3) is 6.43 Å². The third kappa shape index (κ3) is 6.18. The van der Waals surface area contributed by atoms with Gasteiger partial charge in [-0.05, 0) is 55.5 Å². The second-order valence-corrected chi connectivity index (χ2v) is 11.5. The van der Waals surface area contributed by atoms with Gasteiger partial charge in [-0.25, -0.2) is 13.8 Å². The van der Waals surface area contributed by atoms with Crippen LogP contribution in [0.4, 0.5) is 25.5 Å². The van der Waals surface area contributed by atoms with E-state index in [-0.39, 0.29) is 18.4 Å². The first-order chi connectivity index (χ1) is 21.2. The van der Waals surface area contributed by atoms with Crippen molar-refractivity contribution in [3.63, 3.8) is 0 Å². The van der Waals surface area contributed by atoms with Crippen molar-refractivity contribution in [1.82, 2.24) is 29.4 Å². The number of ether oxygens (including phenoxy) is 1. The highest BCUT2D eigenvalue weighted by molar-refractivity contribution is 5.78. The number of benzene rings is 2. The molecule has 2 aliphatic heterocycles. The summed E-state index contributed by atoms with van der Waals surface area (Å²) < 4.78 is 35.3. The fourth-order valence-electron chi connectivity index (χ4n) is 5.71. The van der Waals surface area contributed by atoms with Crippen LogP contribution < -0.4 is 15.3 Å². The smallest absolute Gasteiger partial charge is 0.296 e. The summed E-state index contributed by atoms with van der Waals surface area (Å²) in [6.07, 6.45) is -0.917. The standard InChI is InChI=1S/C31H34F2N8O3/c1-31(2,19-21-7-3-4-8-22(21)20-11-13-40(14-12-20)30(42)43)38-27-35-28(39-15-17-44-18-16-39)37-29(36-27)41-24-10-6-5-9-23(24)34-26(41)25(32)33/h3-11,25H,12-19H2,1-2H3,(H,42,43)(H,35,36,37,38)/p-1. The van der Waals surface area contributed by atoms with Crippen LogP contribution in [0.1, 0.15) is 43.6 Å². The van der Waals surface area contributed by atoms with Gasteiger partial charge in [-0.15, -0.1) is 0 Å². The summed E-state index contributed by atoms with van der Waals surface area (Å²) in [5.41, 5.74) is 3.52. The summed E-state index contributed by atoms with van der Waals surface area (Å²) in [5.74, 6) is 0.217. The fraction of sp³-hybridized carbons (Fsp3) is 0.387. The number of hydrogen-bond acceptors (Lipinski definition) is 9. The van der Waals surface area contributed by atoms with Gasteiger partial charge in [0.1, 0.15) is 6.09 Å². The Morgan fingerprint density at radius 1 is 1.00 bits per heavy atom. The number of morpholine rings is 1. The number of halogens is 2. The molecule has 0 bridgehead atoms. The van der Waals surface area contributed by atoms with Crippen LogP contribution in [0.25, 0.3) is 22.6 Å². The van der Waals surface area contributed by atoms with E-state index in [9.17, 15) is 18.7 Å². The number of aromatic nitrogens is 5. The molecule has 2 aromatic heterocycles. The van der Waals surface area contributed by atoms with Crippen LogP contribution >= 0.6 is 0 Å². The molecule has 1 amide bonds. The molecule has 2 aromatic carbocycles. The van der Waals surface area contributed by atoms with Gasteiger partial charge in [-0.1, -0.05) is 42.5 Å². The van der Waals surface area contributed by atoms with Crippen LogP contribution in [-0.2, 0) is 11.2 Å². The molecule has 230 valence electrons. The van der Waals surface area contributed by atoms with Crippen molar-refractivity contribution < 1.29 is 23.4 Å². The first kappa shape index (κ1) is 29.4. The molecule has 2 aliphatic rings. The number of carboxylic acid groups (broad SMARTS) is 1. The monoisotopic (exact) mass is 603 g/mol. The van der Waals surface area contributed by atoms with E-state index in [4.69, 9.17) is 9.72 Å². The van der Waals surface area contributed by atoms with Crippen molar-refractivity contribution in [3.8, 4) is 5.95 Å². The average molecular weight is 604 g/mol. The van der Waals surface area contributed by atoms with Gasteiger partial charge in [-0.3, -0.25) is 4.57 Å². The number of nitrogens with zero attached hydrogens (tertiary/aromatic N) is 7. The van der Waals surface area contributed by atoms with Crippen LogP contribution in [0.2, 0.25) is 0 Å². The van der Waals surface area contributed by atoms with Crippen LogP contribution in [0.3, 0.4) is 0 Å². The molecule has 1 fully saturated rings. The lowest BCUT2D eigenvalue weighted by Gasteiger charge is -2.31. The fourth-order valence-corrected chi connectivity index (χ4v) is 5.71. The highest BCUT2D eigenvalue weighted by atomic mass is 19.3. The lowest BCUT2D eigenvalue weighted by atomic mass is 9.87. The van der Waals surface area contributed by atoms with E-state index in [1.807, 2.05) is 43.0 Å². The highest BCUT2D eigenvalue weighted by Gasteiger charge is 2.27. The maximum atomic E-state index is 14.2. The van der Waals surface area contributed by atoms with Crippen molar-refractivity contribution in [2.24, 2.45) is 0 Å². The summed E-state index contributed by atoms with van der Waals surface area (Å²) in [6.45, 7) is 6.81. The molecule has 0 aliphatic carbocycles. The van der Waals surface area contributed by atoms with Gasteiger partial charge in [0.15, 0.2) is 5.82 Å². The van der Waals surface area contributed by atoms with Crippen LogP contribution in [0, 0.1) is 0 Å². The molecule has 13 heteroatoms. The molecular formula is C31H33F2N8O3-. The van der Waals surface area contributed by atoms with E-state index in [0.717, 1.165) is 16.7 Å². The predicted octanol–water partition coefficient (Wildman–Crippen LogP) is 3.85. The summed E-state index contributed by atoms with van der Waals surface area (Å²) in [5, 5.41) is 14.7. The van der Waals surface area contributed by atoms with Gasteiger partial charge in [-0.2, -0.15) is 15.0 Å². The first-order valence-corrected chi connectivity index (χ1v) is 14.5. The van der Waals surface area contributed by atoms with E-state index >= 15 is 0 Å². The Bertz CT molecular complexity index is 1700. The zero-order chi connectivity index (χ0) is 30.8. The minimum Gasteiger partial charge on any atom is -0.530 e. The Hall–Kier alpha value is -4.65. The lowest BCUT2D eigenvalue weighted by Crippen LogP contribution is -2.43. The zero-order valence-electron chi connectivity index (χ0n) is 24.5. The largest absolute Gasteiger partial charge is 0.530 e.